The van der Waals surface area contributed by atoms with Gasteiger partial charge in [-0.25, -0.2) is 0 Å². The predicted molar refractivity (Wildman–Crippen MR) is 85.4 cm³/mol. The minimum atomic E-state index is 0.112. The van der Waals surface area contributed by atoms with Gasteiger partial charge in [0.2, 0.25) is 0 Å². The molecule has 0 aromatic heterocycles. The first-order chi connectivity index (χ1) is 9.45. The zero-order chi connectivity index (χ0) is 14.7. The normalized spacial score (nSPS) is 28.1. The molecule has 0 spiro atoms. The lowest BCUT2D eigenvalue weighted by molar-refractivity contribution is 0.0996. The molecule has 20 heavy (non-hydrogen) atoms. The molecule has 4 unspecified atom stereocenters. The maximum Gasteiger partial charge on any atom is 0.123 e. The first-order valence-electron chi connectivity index (χ1n) is 7.66. The Labute approximate surface area is 127 Å². The summed E-state index contributed by atoms with van der Waals surface area (Å²) in [7, 11) is 0. The van der Waals surface area contributed by atoms with Crippen molar-refractivity contribution in [2.75, 3.05) is 0 Å². The number of halogens is 1. The second-order valence-electron chi connectivity index (χ2n) is 6.44. The molecule has 0 aliphatic heterocycles. The molecule has 0 bridgehead atoms. The molecular weight excluding hydrogens is 270 g/mol. The topological polar surface area (TPSA) is 35.2 Å². The summed E-state index contributed by atoms with van der Waals surface area (Å²) in [5, 5.41) is 0.749. The van der Waals surface area contributed by atoms with Gasteiger partial charge in [-0.15, -0.1) is 0 Å². The Bertz CT molecular complexity index is 447. The van der Waals surface area contributed by atoms with E-state index in [1.807, 2.05) is 25.1 Å². The van der Waals surface area contributed by atoms with Crippen LogP contribution in [-0.2, 0) is 6.42 Å². The van der Waals surface area contributed by atoms with E-state index < -0.39 is 0 Å². The van der Waals surface area contributed by atoms with E-state index in [2.05, 4.69) is 13.8 Å². The van der Waals surface area contributed by atoms with E-state index in [0.29, 0.717) is 6.10 Å². The van der Waals surface area contributed by atoms with Crippen molar-refractivity contribution in [3.63, 3.8) is 0 Å². The van der Waals surface area contributed by atoms with E-state index in [1.54, 1.807) is 0 Å². The predicted octanol–water partition coefficient (Wildman–Crippen LogP) is 4.43. The first-order valence-corrected chi connectivity index (χ1v) is 8.04. The molecule has 1 aromatic rings. The second-order valence-corrected chi connectivity index (χ2v) is 6.88. The smallest absolute Gasteiger partial charge is 0.123 e. The van der Waals surface area contributed by atoms with Crippen LogP contribution in [-0.4, -0.2) is 12.1 Å². The van der Waals surface area contributed by atoms with Crippen LogP contribution >= 0.6 is 11.6 Å². The summed E-state index contributed by atoms with van der Waals surface area (Å²) >= 11 is 6.09. The van der Waals surface area contributed by atoms with Crippen LogP contribution in [0.2, 0.25) is 5.02 Å². The quantitative estimate of drug-likeness (QED) is 0.891. The van der Waals surface area contributed by atoms with Crippen molar-refractivity contribution in [1.29, 1.82) is 0 Å². The lowest BCUT2D eigenvalue weighted by atomic mass is 9.80. The molecule has 0 saturated heterocycles. The molecule has 0 amide bonds. The lowest BCUT2D eigenvalue weighted by Crippen LogP contribution is -2.29. The van der Waals surface area contributed by atoms with E-state index in [-0.39, 0.29) is 6.04 Å². The van der Waals surface area contributed by atoms with Gasteiger partial charge in [0.05, 0.1) is 6.10 Å². The van der Waals surface area contributed by atoms with Crippen LogP contribution in [0.25, 0.3) is 0 Å². The summed E-state index contributed by atoms with van der Waals surface area (Å²) in [6.45, 7) is 6.67. The van der Waals surface area contributed by atoms with Crippen molar-refractivity contribution in [2.45, 2.75) is 58.6 Å². The van der Waals surface area contributed by atoms with Crippen LogP contribution in [0.1, 0.15) is 45.6 Å². The van der Waals surface area contributed by atoms with Gasteiger partial charge >= 0.3 is 0 Å². The zero-order valence-electron chi connectivity index (χ0n) is 12.7. The van der Waals surface area contributed by atoms with E-state index in [0.717, 1.165) is 47.4 Å². The zero-order valence-corrected chi connectivity index (χ0v) is 13.5. The number of rotatable bonds is 4. The molecule has 0 radical (unpaired) electrons. The Balaban J connectivity index is 2.08. The van der Waals surface area contributed by atoms with Crippen molar-refractivity contribution < 1.29 is 4.74 Å². The van der Waals surface area contributed by atoms with Gasteiger partial charge in [-0.1, -0.05) is 25.4 Å². The summed E-state index contributed by atoms with van der Waals surface area (Å²) in [6.07, 6.45) is 4.67. The highest BCUT2D eigenvalue weighted by atomic mass is 35.5. The van der Waals surface area contributed by atoms with E-state index in [1.165, 1.54) is 6.42 Å². The van der Waals surface area contributed by atoms with Gasteiger partial charge in [-0.05, 0) is 68.2 Å². The van der Waals surface area contributed by atoms with E-state index in [9.17, 15) is 0 Å². The molecule has 112 valence electrons. The number of hydrogen-bond acceptors (Lipinski definition) is 2. The fourth-order valence-corrected chi connectivity index (χ4v) is 3.15. The Morgan fingerprint density at radius 1 is 1.30 bits per heavy atom. The van der Waals surface area contributed by atoms with Crippen LogP contribution in [0.4, 0.5) is 0 Å². The molecule has 2 rings (SSSR count). The molecule has 1 fully saturated rings. The second kappa shape index (κ2) is 6.82. The molecule has 1 aromatic carbocycles. The van der Waals surface area contributed by atoms with Crippen LogP contribution in [0.3, 0.4) is 0 Å². The number of hydrogen-bond donors (Lipinski definition) is 1. The first kappa shape index (κ1) is 15.7. The third-order valence-electron chi connectivity index (χ3n) is 4.41. The number of ether oxygens (including phenoxy) is 1. The Kier molecular flexibility index (Phi) is 5.34. The average Bonchev–Trinajstić information content (AvgIpc) is 2.36. The molecule has 4 atom stereocenters. The monoisotopic (exact) mass is 295 g/mol. The van der Waals surface area contributed by atoms with E-state index >= 15 is 0 Å². The average molecular weight is 296 g/mol. The number of nitrogens with two attached hydrogens (primary N) is 1. The van der Waals surface area contributed by atoms with Crippen LogP contribution < -0.4 is 10.5 Å². The van der Waals surface area contributed by atoms with Gasteiger partial charge in [-0.3, -0.25) is 0 Å². The highest BCUT2D eigenvalue weighted by Crippen LogP contribution is 2.33. The van der Waals surface area contributed by atoms with Gasteiger partial charge in [0.1, 0.15) is 5.75 Å². The van der Waals surface area contributed by atoms with Crippen LogP contribution in [0, 0.1) is 11.8 Å². The van der Waals surface area contributed by atoms with Gasteiger partial charge in [-0.2, -0.15) is 0 Å². The SMILES string of the molecule is CC(N)Cc1cc(Cl)ccc1OC1CCC(C)C(C)C1. The molecule has 0 heterocycles. The molecule has 2 N–H and O–H groups in total. The summed E-state index contributed by atoms with van der Waals surface area (Å²) in [5.41, 5.74) is 7.04. The van der Waals surface area contributed by atoms with E-state index in [4.69, 9.17) is 22.1 Å². The van der Waals surface area contributed by atoms with Crippen LogP contribution in [0.15, 0.2) is 18.2 Å². The van der Waals surface area contributed by atoms with Gasteiger partial charge in [0.25, 0.3) is 0 Å². The molecular formula is C17H26ClNO. The molecule has 1 saturated carbocycles. The molecule has 1 aliphatic rings. The summed E-state index contributed by atoms with van der Waals surface area (Å²) in [5.74, 6) is 2.50. The Hall–Kier alpha value is -0.730. The molecule has 3 heteroatoms. The van der Waals surface area contributed by atoms with Gasteiger partial charge in [0.15, 0.2) is 0 Å². The molecule has 2 nitrogen and oxygen atoms in total. The summed E-state index contributed by atoms with van der Waals surface area (Å²) in [6, 6.07) is 5.98. The van der Waals surface area contributed by atoms with Crippen LogP contribution in [0.5, 0.6) is 5.75 Å². The Morgan fingerprint density at radius 3 is 2.70 bits per heavy atom. The summed E-state index contributed by atoms with van der Waals surface area (Å²) < 4.78 is 6.25. The van der Waals surface area contributed by atoms with Crippen molar-refractivity contribution in [3.8, 4) is 5.75 Å². The van der Waals surface area contributed by atoms with Crippen molar-refractivity contribution in [1.82, 2.24) is 0 Å². The number of benzene rings is 1. The van der Waals surface area contributed by atoms with Crippen molar-refractivity contribution >= 4 is 11.6 Å². The minimum absolute atomic E-state index is 0.112. The van der Waals surface area contributed by atoms with Gasteiger partial charge in [0, 0.05) is 11.1 Å². The third-order valence-corrected chi connectivity index (χ3v) is 4.64. The maximum absolute atomic E-state index is 6.25. The minimum Gasteiger partial charge on any atom is -0.490 e. The van der Waals surface area contributed by atoms with Crippen molar-refractivity contribution in [3.05, 3.63) is 28.8 Å². The highest BCUT2D eigenvalue weighted by Gasteiger charge is 2.26. The standard InChI is InChI=1S/C17H26ClNO/c1-11-4-6-16(8-12(11)2)20-17-7-5-15(18)10-14(17)9-13(3)19/h5,7,10-13,16H,4,6,8-9,19H2,1-3H3. The highest BCUT2D eigenvalue weighted by molar-refractivity contribution is 6.30. The van der Waals surface area contributed by atoms with Gasteiger partial charge < -0.3 is 10.5 Å². The fraction of sp³-hybridized carbons (Fsp3) is 0.647. The maximum atomic E-state index is 6.25. The largest absolute Gasteiger partial charge is 0.490 e. The third kappa shape index (κ3) is 4.13. The fourth-order valence-electron chi connectivity index (χ4n) is 2.95. The molecule has 1 aliphatic carbocycles. The Morgan fingerprint density at radius 2 is 2.05 bits per heavy atom. The van der Waals surface area contributed by atoms with Crippen molar-refractivity contribution in [2.24, 2.45) is 17.6 Å². The lowest BCUT2D eigenvalue weighted by Gasteiger charge is -2.32. The summed E-state index contributed by atoms with van der Waals surface area (Å²) in [4.78, 5) is 0.